The van der Waals surface area contributed by atoms with Crippen LogP contribution in [0.25, 0.3) is 11.4 Å². The average molecular weight is 386 g/mol. The summed E-state index contributed by atoms with van der Waals surface area (Å²) in [6, 6.07) is 7.64. The molecule has 0 bridgehead atoms. The van der Waals surface area contributed by atoms with Crippen LogP contribution in [0.2, 0.25) is 0 Å². The van der Waals surface area contributed by atoms with Crippen molar-refractivity contribution in [1.29, 1.82) is 0 Å². The van der Waals surface area contributed by atoms with E-state index in [4.69, 9.17) is 0 Å². The predicted octanol–water partition coefficient (Wildman–Crippen LogP) is 2.54. The van der Waals surface area contributed by atoms with E-state index in [0.29, 0.717) is 18.7 Å². The molecule has 1 aromatic heterocycles. The highest BCUT2D eigenvalue weighted by molar-refractivity contribution is 14.1. The Morgan fingerprint density at radius 1 is 1.35 bits per heavy atom. The maximum atomic E-state index is 11.7. The van der Waals surface area contributed by atoms with Gasteiger partial charge in [0.05, 0.1) is 0 Å². The molecule has 0 saturated carbocycles. The Labute approximate surface area is 130 Å². The molecular formula is C13H15IN4O2. The largest absolute Gasteiger partial charge is 0.479 e. The molecule has 0 radical (unpaired) electrons. The van der Waals surface area contributed by atoms with Crippen molar-refractivity contribution < 1.29 is 9.90 Å². The Morgan fingerprint density at radius 2 is 2.00 bits per heavy atom. The van der Waals surface area contributed by atoms with Crippen LogP contribution >= 0.6 is 22.6 Å². The van der Waals surface area contributed by atoms with Crippen molar-refractivity contribution in [3.05, 3.63) is 27.8 Å². The van der Waals surface area contributed by atoms with Crippen LogP contribution in [0.15, 0.2) is 24.3 Å². The first kappa shape index (κ1) is 14.9. The van der Waals surface area contributed by atoms with Crippen LogP contribution in [0, 0.1) is 3.57 Å². The normalized spacial score (nSPS) is 11.6. The van der Waals surface area contributed by atoms with E-state index >= 15 is 0 Å². The lowest BCUT2D eigenvalue weighted by atomic mass is 9.92. The summed E-state index contributed by atoms with van der Waals surface area (Å²) in [7, 11) is 0. The number of carboxylic acids is 1. The molecule has 0 aliphatic carbocycles. The van der Waals surface area contributed by atoms with Gasteiger partial charge in [-0.05, 0) is 51.9 Å². The molecule has 20 heavy (non-hydrogen) atoms. The van der Waals surface area contributed by atoms with Crippen molar-refractivity contribution in [3.63, 3.8) is 0 Å². The van der Waals surface area contributed by atoms with E-state index < -0.39 is 11.5 Å². The Balaban J connectivity index is 2.64. The molecule has 2 rings (SSSR count). The van der Waals surface area contributed by atoms with E-state index in [9.17, 15) is 9.90 Å². The van der Waals surface area contributed by atoms with Crippen LogP contribution in [-0.2, 0) is 10.3 Å². The van der Waals surface area contributed by atoms with Crippen LogP contribution < -0.4 is 0 Å². The van der Waals surface area contributed by atoms with E-state index in [0.717, 1.165) is 9.13 Å². The van der Waals surface area contributed by atoms with Crippen molar-refractivity contribution in [3.8, 4) is 11.4 Å². The molecule has 0 spiro atoms. The molecule has 106 valence electrons. The van der Waals surface area contributed by atoms with Crippen molar-refractivity contribution in [2.24, 2.45) is 0 Å². The summed E-state index contributed by atoms with van der Waals surface area (Å²) < 4.78 is 2.42. The summed E-state index contributed by atoms with van der Waals surface area (Å²) in [6.45, 7) is 3.66. The molecule has 1 aromatic carbocycles. The van der Waals surface area contributed by atoms with E-state index in [2.05, 4.69) is 38.1 Å². The maximum absolute atomic E-state index is 11.7. The summed E-state index contributed by atoms with van der Waals surface area (Å²) in [5.41, 5.74) is -0.275. The van der Waals surface area contributed by atoms with Gasteiger partial charge in [0.25, 0.3) is 0 Å². The van der Waals surface area contributed by atoms with Gasteiger partial charge in [-0.15, -0.1) is 5.10 Å². The van der Waals surface area contributed by atoms with Gasteiger partial charge in [0.15, 0.2) is 11.4 Å². The maximum Gasteiger partial charge on any atom is 0.331 e. The van der Waals surface area contributed by atoms with Gasteiger partial charge in [0.1, 0.15) is 0 Å². The van der Waals surface area contributed by atoms with Gasteiger partial charge in [0.2, 0.25) is 0 Å². The third-order valence-electron chi connectivity index (χ3n) is 3.56. The van der Waals surface area contributed by atoms with Crippen molar-refractivity contribution in [2.45, 2.75) is 32.2 Å². The molecule has 0 fully saturated rings. The van der Waals surface area contributed by atoms with Crippen LogP contribution in [0.4, 0.5) is 0 Å². The quantitative estimate of drug-likeness (QED) is 0.799. The minimum absolute atomic E-state index is 0.417. The number of hydrogen-bond donors (Lipinski definition) is 1. The predicted molar refractivity (Wildman–Crippen MR) is 82.2 cm³/mol. The number of aliphatic carboxylic acids is 1. The van der Waals surface area contributed by atoms with Gasteiger partial charge >= 0.3 is 5.97 Å². The SMILES string of the molecule is CCC(CC)(C(=O)O)n1nnnc1-c1ccccc1I. The molecule has 0 unspecified atom stereocenters. The molecule has 2 aromatic rings. The average Bonchev–Trinajstić information content (AvgIpc) is 2.91. The zero-order valence-corrected chi connectivity index (χ0v) is 13.4. The van der Waals surface area contributed by atoms with Gasteiger partial charge in [-0.25, -0.2) is 9.48 Å². The van der Waals surface area contributed by atoms with Crippen LogP contribution in [-0.4, -0.2) is 31.3 Å². The Bertz CT molecular complexity index is 622. The first-order chi connectivity index (χ1) is 9.56. The van der Waals surface area contributed by atoms with E-state index in [-0.39, 0.29) is 0 Å². The Hall–Kier alpha value is -1.51. The summed E-state index contributed by atoms with van der Waals surface area (Å²) in [5, 5.41) is 21.3. The monoisotopic (exact) mass is 386 g/mol. The summed E-state index contributed by atoms with van der Waals surface area (Å²) in [4.78, 5) is 11.7. The highest BCUT2D eigenvalue weighted by Crippen LogP contribution is 2.31. The second-order valence-electron chi connectivity index (χ2n) is 4.44. The fourth-order valence-corrected chi connectivity index (χ4v) is 2.86. The zero-order valence-electron chi connectivity index (χ0n) is 11.2. The highest BCUT2D eigenvalue weighted by Gasteiger charge is 2.40. The lowest BCUT2D eigenvalue weighted by Crippen LogP contribution is -2.42. The summed E-state index contributed by atoms with van der Waals surface area (Å²) >= 11 is 2.19. The second-order valence-corrected chi connectivity index (χ2v) is 5.60. The van der Waals surface area contributed by atoms with Gasteiger partial charge in [0, 0.05) is 9.13 Å². The number of carbonyl (C=O) groups is 1. The fourth-order valence-electron chi connectivity index (χ4n) is 2.23. The second kappa shape index (κ2) is 5.86. The lowest BCUT2D eigenvalue weighted by molar-refractivity contribution is -0.148. The van der Waals surface area contributed by atoms with Gasteiger partial charge in [-0.3, -0.25) is 0 Å². The van der Waals surface area contributed by atoms with Gasteiger partial charge in [-0.1, -0.05) is 32.0 Å². The summed E-state index contributed by atoms with van der Waals surface area (Å²) in [5.74, 6) is -0.428. The van der Waals surface area contributed by atoms with E-state index in [1.807, 2.05) is 38.1 Å². The zero-order chi connectivity index (χ0) is 14.8. The van der Waals surface area contributed by atoms with E-state index in [1.165, 1.54) is 4.68 Å². The molecule has 0 aliphatic rings. The molecule has 0 saturated heterocycles. The number of tetrazole rings is 1. The smallest absolute Gasteiger partial charge is 0.331 e. The van der Waals surface area contributed by atoms with Crippen molar-refractivity contribution >= 4 is 28.6 Å². The van der Waals surface area contributed by atoms with Gasteiger partial charge in [-0.2, -0.15) is 0 Å². The van der Waals surface area contributed by atoms with Crippen LogP contribution in [0.1, 0.15) is 26.7 Å². The topological polar surface area (TPSA) is 80.9 Å². The third kappa shape index (κ3) is 2.30. The Morgan fingerprint density at radius 3 is 2.55 bits per heavy atom. The van der Waals surface area contributed by atoms with Gasteiger partial charge < -0.3 is 5.11 Å². The van der Waals surface area contributed by atoms with E-state index in [1.54, 1.807) is 0 Å². The number of halogens is 1. The number of nitrogens with zero attached hydrogens (tertiary/aromatic N) is 4. The molecule has 6 nitrogen and oxygen atoms in total. The first-order valence-electron chi connectivity index (χ1n) is 6.34. The molecule has 0 aliphatic heterocycles. The number of aromatic nitrogens is 4. The lowest BCUT2D eigenvalue weighted by Gasteiger charge is -2.27. The highest BCUT2D eigenvalue weighted by atomic mass is 127. The first-order valence-corrected chi connectivity index (χ1v) is 7.41. The summed E-state index contributed by atoms with van der Waals surface area (Å²) in [6.07, 6.45) is 0.834. The van der Waals surface area contributed by atoms with Crippen molar-refractivity contribution in [1.82, 2.24) is 20.2 Å². The van der Waals surface area contributed by atoms with Crippen LogP contribution in [0.5, 0.6) is 0 Å². The Kier molecular flexibility index (Phi) is 4.36. The standard InChI is InChI=1S/C13H15IN4O2/c1-3-13(4-2,12(19)20)18-11(15-16-17-18)9-7-5-6-8-10(9)14/h5-8H,3-4H2,1-2H3,(H,19,20). The molecule has 7 heteroatoms. The minimum Gasteiger partial charge on any atom is -0.479 e. The number of hydrogen-bond acceptors (Lipinski definition) is 4. The molecule has 1 N–H and O–H groups in total. The number of rotatable bonds is 5. The fraction of sp³-hybridized carbons (Fsp3) is 0.385. The number of benzene rings is 1. The molecular weight excluding hydrogens is 371 g/mol. The molecule has 0 amide bonds. The van der Waals surface area contributed by atoms with Crippen LogP contribution in [0.3, 0.4) is 0 Å². The third-order valence-corrected chi connectivity index (χ3v) is 4.50. The molecule has 0 atom stereocenters. The molecule has 1 heterocycles. The number of carboxylic acid groups (broad SMARTS) is 1. The van der Waals surface area contributed by atoms with Crippen molar-refractivity contribution in [2.75, 3.05) is 0 Å². The minimum atomic E-state index is -1.11.